The van der Waals surface area contributed by atoms with Gasteiger partial charge in [-0.15, -0.1) is 0 Å². The number of ether oxygens (including phenoxy) is 1. The van der Waals surface area contributed by atoms with Crippen molar-refractivity contribution in [3.63, 3.8) is 0 Å². The molecule has 3 nitrogen and oxygen atoms in total. The minimum atomic E-state index is -0.0588. The molecule has 0 heterocycles. The summed E-state index contributed by atoms with van der Waals surface area (Å²) in [5.74, 6) is 0.906. The SMILES string of the molecule is CCC(C)(CCO)NCc1c(OC)ccc2ccccc12. The van der Waals surface area contributed by atoms with Crippen molar-refractivity contribution in [1.82, 2.24) is 5.32 Å². The van der Waals surface area contributed by atoms with Crippen LogP contribution in [0.25, 0.3) is 10.8 Å². The molecular formula is C18H25NO2. The van der Waals surface area contributed by atoms with Crippen LogP contribution in [0.5, 0.6) is 5.75 Å². The number of aliphatic hydroxyl groups excluding tert-OH is 1. The van der Waals surface area contributed by atoms with Gasteiger partial charge in [0.05, 0.1) is 7.11 Å². The molecule has 1 unspecified atom stereocenters. The monoisotopic (exact) mass is 287 g/mol. The van der Waals surface area contributed by atoms with Crippen molar-refractivity contribution in [3.05, 3.63) is 42.0 Å². The summed E-state index contributed by atoms with van der Waals surface area (Å²) >= 11 is 0. The fourth-order valence-electron chi connectivity index (χ4n) is 2.63. The molecule has 0 spiro atoms. The van der Waals surface area contributed by atoms with Gasteiger partial charge in [-0.05, 0) is 36.6 Å². The molecule has 0 amide bonds. The Hall–Kier alpha value is -1.58. The van der Waals surface area contributed by atoms with Crippen LogP contribution in [0.2, 0.25) is 0 Å². The predicted molar refractivity (Wildman–Crippen MR) is 87.7 cm³/mol. The minimum absolute atomic E-state index is 0.0588. The Morgan fingerprint density at radius 2 is 1.95 bits per heavy atom. The van der Waals surface area contributed by atoms with Gasteiger partial charge in [-0.1, -0.05) is 37.3 Å². The van der Waals surface area contributed by atoms with Gasteiger partial charge in [0, 0.05) is 24.3 Å². The second-order valence-electron chi connectivity index (χ2n) is 5.71. The van der Waals surface area contributed by atoms with E-state index in [0.717, 1.165) is 25.1 Å². The molecule has 0 saturated carbocycles. The molecule has 0 aliphatic rings. The third-order valence-electron chi connectivity index (χ3n) is 4.35. The molecule has 2 aromatic rings. The quantitative estimate of drug-likeness (QED) is 0.819. The zero-order valence-electron chi connectivity index (χ0n) is 13.1. The highest BCUT2D eigenvalue weighted by Gasteiger charge is 2.21. The fourth-order valence-corrected chi connectivity index (χ4v) is 2.63. The number of hydrogen-bond donors (Lipinski definition) is 2. The van der Waals surface area contributed by atoms with Crippen LogP contribution in [0.3, 0.4) is 0 Å². The molecule has 0 saturated heterocycles. The zero-order chi connectivity index (χ0) is 15.3. The molecule has 0 aliphatic heterocycles. The minimum Gasteiger partial charge on any atom is -0.496 e. The first kappa shape index (κ1) is 15.8. The van der Waals surface area contributed by atoms with E-state index in [4.69, 9.17) is 4.74 Å². The molecule has 1 atom stereocenters. The average molecular weight is 287 g/mol. The first-order valence-corrected chi connectivity index (χ1v) is 7.54. The van der Waals surface area contributed by atoms with Crippen LogP contribution in [0.15, 0.2) is 36.4 Å². The van der Waals surface area contributed by atoms with Gasteiger partial charge in [0.15, 0.2) is 0 Å². The number of aliphatic hydroxyl groups is 1. The summed E-state index contributed by atoms with van der Waals surface area (Å²) in [7, 11) is 1.71. The van der Waals surface area contributed by atoms with Gasteiger partial charge in [-0.3, -0.25) is 0 Å². The summed E-state index contributed by atoms with van der Waals surface area (Å²) < 4.78 is 5.52. The lowest BCUT2D eigenvalue weighted by molar-refractivity contribution is 0.214. The van der Waals surface area contributed by atoms with E-state index < -0.39 is 0 Å². The first-order chi connectivity index (χ1) is 10.1. The van der Waals surface area contributed by atoms with Crippen molar-refractivity contribution in [2.75, 3.05) is 13.7 Å². The van der Waals surface area contributed by atoms with Crippen LogP contribution in [0, 0.1) is 0 Å². The lowest BCUT2D eigenvalue weighted by Gasteiger charge is -2.29. The Kier molecular flexibility index (Phi) is 5.21. The number of rotatable bonds is 7. The predicted octanol–water partition coefficient (Wildman–Crippen LogP) is 3.49. The van der Waals surface area contributed by atoms with Gasteiger partial charge in [0.25, 0.3) is 0 Å². The van der Waals surface area contributed by atoms with Crippen LogP contribution in [-0.4, -0.2) is 24.4 Å². The van der Waals surface area contributed by atoms with Crippen LogP contribution in [-0.2, 0) is 6.54 Å². The molecule has 2 N–H and O–H groups in total. The Morgan fingerprint density at radius 1 is 1.19 bits per heavy atom. The van der Waals surface area contributed by atoms with Gasteiger partial charge in [-0.25, -0.2) is 0 Å². The molecule has 2 rings (SSSR count). The van der Waals surface area contributed by atoms with E-state index in [2.05, 4.69) is 43.4 Å². The van der Waals surface area contributed by atoms with Crippen LogP contribution < -0.4 is 10.1 Å². The highest BCUT2D eigenvalue weighted by Crippen LogP contribution is 2.28. The number of nitrogens with one attached hydrogen (secondary N) is 1. The van der Waals surface area contributed by atoms with E-state index >= 15 is 0 Å². The summed E-state index contributed by atoms with van der Waals surface area (Å²) in [6.45, 7) is 5.22. The van der Waals surface area contributed by atoms with E-state index in [1.807, 2.05) is 12.1 Å². The molecule has 0 bridgehead atoms. The van der Waals surface area contributed by atoms with E-state index in [1.165, 1.54) is 16.3 Å². The van der Waals surface area contributed by atoms with E-state index in [0.29, 0.717) is 0 Å². The van der Waals surface area contributed by atoms with Gasteiger partial charge in [0.1, 0.15) is 5.75 Å². The number of hydrogen-bond acceptors (Lipinski definition) is 3. The van der Waals surface area contributed by atoms with Crippen molar-refractivity contribution < 1.29 is 9.84 Å². The highest BCUT2D eigenvalue weighted by molar-refractivity contribution is 5.87. The summed E-state index contributed by atoms with van der Waals surface area (Å²) in [6.07, 6.45) is 1.72. The summed E-state index contributed by atoms with van der Waals surface area (Å²) in [6, 6.07) is 12.5. The first-order valence-electron chi connectivity index (χ1n) is 7.54. The van der Waals surface area contributed by atoms with Gasteiger partial charge in [-0.2, -0.15) is 0 Å². The second-order valence-corrected chi connectivity index (χ2v) is 5.71. The molecule has 3 heteroatoms. The molecule has 114 valence electrons. The summed E-state index contributed by atoms with van der Waals surface area (Å²) in [4.78, 5) is 0. The van der Waals surface area contributed by atoms with Crippen molar-refractivity contribution in [2.45, 2.75) is 38.8 Å². The van der Waals surface area contributed by atoms with Gasteiger partial charge >= 0.3 is 0 Å². The van der Waals surface area contributed by atoms with Crippen LogP contribution in [0.1, 0.15) is 32.3 Å². The molecule has 0 aromatic heterocycles. The lowest BCUT2D eigenvalue weighted by Crippen LogP contribution is -2.42. The normalized spacial score (nSPS) is 14.1. The smallest absolute Gasteiger partial charge is 0.123 e. The third-order valence-corrected chi connectivity index (χ3v) is 4.35. The molecule has 0 fully saturated rings. The standard InChI is InChI=1S/C18H25NO2/c1-4-18(2,11-12-20)19-13-16-15-8-6-5-7-14(15)9-10-17(16)21-3/h5-10,19-20H,4,11-13H2,1-3H3. The summed E-state index contributed by atoms with van der Waals surface area (Å²) in [5, 5.41) is 15.3. The molecular weight excluding hydrogens is 262 g/mol. The van der Waals surface area contributed by atoms with Crippen LogP contribution in [0.4, 0.5) is 0 Å². The maximum absolute atomic E-state index is 9.24. The van der Waals surface area contributed by atoms with Gasteiger partial charge in [0.2, 0.25) is 0 Å². The average Bonchev–Trinajstić information content (AvgIpc) is 2.52. The zero-order valence-corrected chi connectivity index (χ0v) is 13.1. The maximum atomic E-state index is 9.24. The second kappa shape index (κ2) is 6.92. The molecule has 21 heavy (non-hydrogen) atoms. The van der Waals surface area contributed by atoms with Gasteiger partial charge < -0.3 is 15.2 Å². The Balaban J connectivity index is 2.32. The fraction of sp³-hybridized carbons (Fsp3) is 0.444. The third kappa shape index (κ3) is 3.55. The Morgan fingerprint density at radius 3 is 2.62 bits per heavy atom. The maximum Gasteiger partial charge on any atom is 0.123 e. The number of benzene rings is 2. The Labute approximate surface area is 126 Å². The van der Waals surface area contributed by atoms with Crippen molar-refractivity contribution in [2.24, 2.45) is 0 Å². The van der Waals surface area contributed by atoms with E-state index in [9.17, 15) is 5.11 Å². The largest absolute Gasteiger partial charge is 0.496 e. The molecule has 0 aliphatic carbocycles. The van der Waals surface area contributed by atoms with Crippen LogP contribution >= 0.6 is 0 Å². The Bertz CT molecular complexity index is 597. The van der Waals surface area contributed by atoms with E-state index in [1.54, 1.807) is 7.11 Å². The molecule has 2 aromatic carbocycles. The van der Waals surface area contributed by atoms with Crippen molar-refractivity contribution in [3.8, 4) is 5.75 Å². The number of fused-ring (bicyclic) bond motifs is 1. The highest BCUT2D eigenvalue weighted by atomic mass is 16.5. The van der Waals surface area contributed by atoms with Crippen molar-refractivity contribution >= 4 is 10.8 Å². The topological polar surface area (TPSA) is 41.5 Å². The summed E-state index contributed by atoms with van der Waals surface area (Å²) in [5.41, 5.74) is 1.12. The lowest BCUT2D eigenvalue weighted by atomic mass is 9.94. The number of methoxy groups -OCH3 is 1. The van der Waals surface area contributed by atoms with Crippen molar-refractivity contribution in [1.29, 1.82) is 0 Å². The van der Waals surface area contributed by atoms with E-state index in [-0.39, 0.29) is 12.1 Å². The molecule has 0 radical (unpaired) electrons.